The molecule has 0 aliphatic rings. The molecule has 0 aliphatic heterocycles. The lowest BCUT2D eigenvalue weighted by atomic mass is 10.2. The maximum Gasteiger partial charge on any atom is 0.143 e. The maximum absolute atomic E-state index is 9.19. The molecule has 2 aromatic rings. The highest BCUT2D eigenvalue weighted by atomic mass is 35.5. The van der Waals surface area contributed by atoms with Crippen LogP contribution in [-0.2, 0) is 13.0 Å². The van der Waals surface area contributed by atoms with Gasteiger partial charge in [0.2, 0.25) is 0 Å². The number of benzene rings is 1. The minimum Gasteiger partial charge on any atom is -0.491 e. The largest absolute Gasteiger partial charge is 0.491 e. The van der Waals surface area contributed by atoms with Crippen molar-refractivity contribution in [3.63, 3.8) is 0 Å². The van der Waals surface area contributed by atoms with Gasteiger partial charge in [-0.15, -0.1) is 0 Å². The predicted octanol–water partition coefficient (Wildman–Crippen LogP) is 3.52. The molecule has 0 atom stereocenters. The van der Waals surface area contributed by atoms with Crippen LogP contribution >= 0.6 is 22.9 Å². The van der Waals surface area contributed by atoms with Crippen molar-refractivity contribution < 1.29 is 9.84 Å². The molecule has 90 valence electrons. The highest BCUT2D eigenvalue weighted by Gasteiger charge is 2.07. The number of aliphatic hydroxyl groups excluding tert-OH is 1. The third-order valence-corrected chi connectivity index (χ3v) is 3.47. The van der Waals surface area contributed by atoms with Crippen LogP contribution in [0.4, 0.5) is 0 Å². The van der Waals surface area contributed by atoms with Crippen molar-refractivity contribution in [3.05, 3.63) is 51.2 Å². The van der Waals surface area contributed by atoms with Crippen LogP contribution in [0.2, 0.25) is 5.02 Å². The fourth-order valence-corrected chi connectivity index (χ4v) is 2.50. The van der Waals surface area contributed by atoms with E-state index in [-0.39, 0.29) is 6.61 Å². The number of rotatable bonds is 5. The van der Waals surface area contributed by atoms with Crippen LogP contribution in [0.3, 0.4) is 0 Å². The number of aliphatic hydroxyl groups is 1. The topological polar surface area (TPSA) is 29.5 Å². The van der Waals surface area contributed by atoms with Crippen molar-refractivity contribution in [1.29, 1.82) is 0 Å². The number of ether oxygens (including phenoxy) is 1. The molecule has 0 radical (unpaired) electrons. The van der Waals surface area contributed by atoms with Gasteiger partial charge in [-0.1, -0.05) is 23.7 Å². The lowest BCUT2D eigenvalue weighted by molar-refractivity contribution is 0.264. The van der Waals surface area contributed by atoms with Crippen LogP contribution in [0, 0.1) is 0 Å². The molecule has 4 heteroatoms. The van der Waals surface area contributed by atoms with E-state index < -0.39 is 0 Å². The van der Waals surface area contributed by atoms with Gasteiger partial charge in [0.15, 0.2) is 0 Å². The first-order chi connectivity index (χ1) is 8.31. The zero-order valence-electron chi connectivity index (χ0n) is 9.23. The summed E-state index contributed by atoms with van der Waals surface area (Å²) < 4.78 is 5.64. The van der Waals surface area contributed by atoms with Gasteiger partial charge in [0, 0.05) is 12.0 Å². The van der Waals surface area contributed by atoms with E-state index in [0.29, 0.717) is 17.4 Å². The monoisotopic (exact) mass is 268 g/mol. The average Bonchev–Trinajstić information content (AvgIpc) is 2.84. The summed E-state index contributed by atoms with van der Waals surface area (Å²) in [6, 6.07) is 7.46. The maximum atomic E-state index is 9.19. The van der Waals surface area contributed by atoms with Gasteiger partial charge in [-0.2, -0.15) is 11.3 Å². The summed E-state index contributed by atoms with van der Waals surface area (Å²) >= 11 is 7.71. The molecule has 1 aromatic heterocycles. The molecular weight excluding hydrogens is 256 g/mol. The van der Waals surface area contributed by atoms with Crippen LogP contribution < -0.4 is 4.74 Å². The van der Waals surface area contributed by atoms with Crippen molar-refractivity contribution in [3.8, 4) is 5.75 Å². The van der Waals surface area contributed by atoms with Crippen LogP contribution in [0.1, 0.15) is 11.1 Å². The van der Waals surface area contributed by atoms with Gasteiger partial charge in [-0.3, -0.25) is 0 Å². The first kappa shape index (κ1) is 12.4. The smallest absolute Gasteiger partial charge is 0.143 e. The third kappa shape index (κ3) is 3.22. The second-order valence-electron chi connectivity index (χ2n) is 3.62. The summed E-state index contributed by atoms with van der Waals surface area (Å²) in [4.78, 5) is 0. The molecule has 0 aliphatic carbocycles. The molecule has 1 aromatic carbocycles. The van der Waals surface area contributed by atoms with E-state index in [1.807, 2.05) is 11.4 Å². The first-order valence-corrected chi connectivity index (χ1v) is 6.65. The minimum atomic E-state index is -0.0612. The molecular formula is C13H13ClO2S. The molecule has 0 amide bonds. The summed E-state index contributed by atoms with van der Waals surface area (Å²) in [6.07, 6.45) is 0.847. The van der Waals surface area contributed by atoms with Gasteiger partial charge in [0.25, 0.3) is 0 Å². The van der Waals surface area contributed by atoms with Gasteiger partial charge in [0.1, 0.15) is 5.75 Å². The second kappa shape index (κ2) is 6.05. The van der Waals surface area contributed by atoms with Crippen molar-refractivity contribution in [2.45, 2.75) is 13.0 Å². The standard InChI is InChI=1S/C13H13ClO2S/c14-12-3-1-2-11(8-15)13(12)16-6-4-10-5-7-17-9-10/h1-3,5,7,9,15H,4,6,8H2. The molecule has 0 spiro atoms. The second-order valence-corrected chi connectivity index (χ2v) is 4.80. The third-order valence-electron chi connectivity index (χ3n) is 2.44. The van der Waals surface area contributed by atoms with E-state index in [9.17, 15) is 5.11 Å². The first-order valence-electron chi connectivity index (χ1n) is 5.33. The Kier molecular flexibility index (Phi) is 4.42. The summed E-state index contributed by atoms with van der Waals surface area (Å²) in [7, 11) is 0. The summed E-state index contributed by atoms with van der Waals surface area (Å²) in [5.41, 5.74) is 1.98. The van der Waals surface area contributed by atoms with Crippen LogP contribution in [0.25, 0.3) is 0 Å². The zero-order valence-corrected chi connectivity index (χ0v) is 10.8. The summed E-state index contributed by atoms with van der Waals surface area (Å²) in [6.45, 7) is 0.502. The predicted molar refractivity (Wildman–Crippen MR) is 70.9 cm³/mol. The molecule has 2 nitrogen and oxygen atoms in total. The van der Waals surface area contributed by atoms with Crippen LogP contribution in [0.5, 0.6) is 5.75 Å². The number of thiophene rings is 1. The molecule has 0 saturated heterocycles. The van der Waals surface area contributed by atoms with Gasteiger partial charge >= 0.3 is 0 Å². The Morgan fingerprint density at radius 2 is 2.18 bits per heavy atom. The molecule has 1 N–H and O–H groups in total. The normalized spacial score (nSPS) is 10.5. The molecule has 17 heavy (non-hydrogen) atoms. The molecule has 0 saturated carbocycles. The molecule has 0 fully saturated rings. The molecule has 2 rings (SSSR count). The lowest BCUT2D eigenvalue weighted by Gasteiger charge is -2.11. The lowest BCUT2D eigenvalue weighted by Crippen LogP contribution is -2.03. The summed E-state index contributed by atoms with van der Waals surface area (Å²) in [5.74, 6) is 0.590. The van der Waals surface area contributed by atoms with E-state index in [4.69, 9.17) is 16.3 Å². The molecule has 0 bridgehead atoms. The number of hydrogen-bond donors (Lipinski definition) is 1. The van der Waals surface area contributed by atoms with Crippen molar-refractivity contribution in [2.24, 2.45) is 0 Å². The number of halogens is 1. The van der Waals surface area contributed by atoms with Gasteiger partial charge in [-0.05, 0) is 28.5 Å². The molecule has 0 unspecified atom stereocenters. The quantitative estimate of drug-likeness (QED) is 0.899. The van der Waals surface area contributed by atoms with E-state index in [0.717, 1.165) is 12.0 Å². The van der Waals surface area contributed by atoms with Crippen LogP contribution in [-0.4, -0.2) is 11.7 Å². The van der Waals surface area contributed by atoms with Crippen molar-refractivity contribution in [2.75, 3.05) is 6.61 Å². The Bertz CT molecular complexity index is 468. The Labute approximate surface area is 109 Å². The average molecular weight is 269 g/mol. The molecule has 1 heterocycles. The Hall–Kier alpha value is -1.03. The Morgan fingerprint density at radius 1 is 1.29 bits per heavy atom. The Balaban J connectivity index is 1.98. The zero-order chi connectivity index (χ0) is 12.1. The van der Waals surface area contributed by atoms with Gasteiger partial charge < -0.3 is 9.84 Å². The SMILES string of the molecule is OCc1cccc(Cl)c1OCCc1ccsc1. The van der Waals surface area contributed by atoms with E-state index in [1.165, 1.54) is 5.56 Å². The Morgan fingerprint density at radius 3 is 2.88 bits per heavy atom. The van der Waals surface area contributed by atoms with Crippen molar-refractivity contribution in [1.82, 2.24) is 0 Å². The number of para-hydroxylation sites is 1. The highest BCUT2D eigenvalue weighted by molar-refractivity contribution is 7.07. The van der Waals surface area contributed by atoms with Gasteiger partial charge in [0.05, 0.1) is 18.2 Å². The summed E-state index contributed by atoms with van der Waals surface area (Å²) in [5, 5.41) is 13.9. The minimum absolute atomic E-state index is 0.0612. The van der Waals surface area contributed by atoms with Crippen LogP contribution in [0.15, 0.2) is 35.0 Å². The van der Waals surface area contributed by atoms with E-state index >= 15 is 0 Å². The van der Waals surface area contributed by atoms with E-state index in [1.54, 1.807) is 23.5 Å². The fourth-order valence-electron chi connectivity index (χ4n) is 1.55. The van der Waals surface area contributed by atoms with Gasteiger partial charge in [-0.25, -0.2) is 0 Å². The van der Waals surface area contributed by atoms with E-state index in [2.05, 4.69) is 11.4 Å². The highest BCUT2D eigenvalue weighted by Crippen LogP contribution is 2.28. The fraction of sp³-hybridized carbons (Fsp3) is 0.231. The van der Waals surface area contributed by atoms with Crippen molar-refractivity contribution >= 4 is 22.9 Å². The number of hydrogen-bond acceptors (Lipinski definition) is 3.